The van der Waals surface area contributed by atoms with Gasteiger partial charge < -0.3 is 19.5 Å². The summed E-state index contributed by atoms with van der Waals surface area (Å²) in [7, 11) is 0. The lowest BCUT2D eigenvalue weighted by Gasteiger charge is -2.37. The van der Waals surface area contributed by atoms with E-state index >= 15 is 0 Å². The molecule has 2 atom stereocenters. The maximum Gasteiger partial charge on any atom is 0.237 e. The Labute approximate surface area is 207 Å². The summed E-state index contributed by atoms with van der Waals surface area (Å²) in [5, 5.41) is 12.5. The third-order valence-electron chi connectivity index (χ3n) is 5.79. The van der Waals surface area contributed by atoms with Crippen LogP contribution in [0.25, 0.3) is 0 Å². The molecule has 7 heteroatoms. The van der Waals surface area contributed by atoms with Crippen LogP contribution in [0.4, 0.5) is 0 Å². The van der Waals surface area contributed by atoms with E-state index in [2.05, 4.69) is 31.9 Å². The summed E-state index contributed by atoms with van der Waals surface area (Å²) >= 11 is 1.74. The van der Waals surface area contributed by atoms with Gasteiger partial charge in [-0.25, -0.2) is 0 Å². The minimum absolute atomic E-state index is 0.0341. The van der Waals surface area contributed by atoms with Crippen molar-refractivity contribution in [2.75, 3.05) is 46.0 Å². The molecule has 1 N–H and O–H groups in total. The minimum Gasteiger partial charge on any atom is -0.491 e. The van der Waals surface area contributed by atoms with E-state index in [1.807, 2.05) is 41.0 Å². The van der Waals surface area contributed by atoms with Gasteiger partial charge in [0.2, 0.25) is 5.91 Å². The van der Waals surface area contributed by atoms with Gasteiger partial charge in [-0.05, 0) is 54.0 Å². The SMILES string of the molecule is C=CCN(CC(=O)N1CCc2sccc2[C@@H]1COc1cccc(C)c1)C[C@@H](O)COCC(C)C. The number of benzene rings is 1. The molecule has 1 aromatic carbocycles. The summed E-state index contributed by atoms with van der Waals surface area (Å²) < 4.78 is 11.7. The van der Waals surface area contributed by atoms with Crippen molar-refractivity contribution in [1.29, 1.82) is 0 Å². The molecule has 0 bridgehead atoms. The molecule has 1 aliphatic heterocycles. The number of aliphatic hydroxyl groups excluding tert-OH is 1. The Morgan fingerprint density at radius 1 is 1.35 bits per heavy atom. The molecule has 1 aromatic heterocycles. The lowest BCUT2D eigenvalue weighted by atomic mass is 10.0. The largest absolute Gasteiger partial charge is 0.491 e. The Morgan fingerprint density at radius 3 is 2.91 bits per heavy atom. The molecule has 6 nitrogen and oxygen atoms in total. The highest BCUT2D eigenvalue weighted by molar-refractivity contribution is 7.10. The van der Waals surface area contributed by atoms with Crippen LogP contribution in [0.3, 0.4) is 0 Å². The number of rotatable bonds is 13. The quantitative estimate of drug-likeness (QED) is 0.432. The number of hydrogen-bond acceptors (Lipinski definition) is 6. The first-order valence-electron chi connectivity index (χ1n) is 12.0. The zero-order chi connectivity index (χ0) is 24.5. The molecule has 0 radical (unpaired) electrons. The fourth-order valence-electron chi connectivity index (χ4n) is 4.21. The van der Waals surface area contributed by atoms with E-state index in [4.69, 9.17) is 9.47 Å². The van der Waals surface area contributed by atoms with Gasteiger partial charge in [0.1, 0.15) is 12.4 Å². The average molecular weight is 487 g/mol. The molecule has 0 saturated carbocycles. The predicted molar refractivity (Wildman–Crippen MR) is 137 cm³/mol. The fourth-order valence-corrected chi connectivity index (χ4v) is 5.14. The summed E-state index contributed by atoms with van der Waals surface area (Å²) in [4.78, 5) is 18.6. The van der Waals surface area contributed by atoms with Crippen LogP contribution in [0, 0.1) is 12.8 Å². The zero-order valence-corrected chi connectivity index (χ0v) is 21.4. The van der Waals surface area contributed by atoms with Crippen LogP contribution < -0.4 is 4.74 Å². The first kappa shape index (κ1) is 26.4. The molecule has 1 aliphatic rings. The van der Waals surface area contributed by atoms with Gasteiger partial charge in [0, 0.05) is 31.1 Å². The molecule has 1 amide bonds. The van der Waals surface area contributed by atoms with E-state index in [0.29, 0.717) is 38.8 Å². The third kappa shape index (κ3) is 7.67. The molecule has 0 spiro atoms. The Balaban J connectivity index is 1.65. The van der Waals surface area contributed by atoms with Crippen LogP contribution in [0.15, 0.2) is 48.4 Å². The molecular weight excluding hydrogens is 448 g/mol. The van der Waals surface area contributed by atoms with Gasteiger partial charge >= 0.3 is 0 Å². The number of aliphatic hydroxyl groups is 1. The van der Waals surface area contributed by atoms with Gasteiger partial charge in [0.25, 0.3) is 0 Å². The van der Waals surface area contributed by atoms with Gasteiger partial charge in [0.05, 0.1) is 25.3 Å². The van der Waals surface area contributed by atoms with E-state index in [9.17, 15) is 9.90 Å². The van der Waals surface area contributed by atoms with Crippen LogP contribution in [-0.2, 0) is 16.0 Å². The molecule has 0 fully saturated rings. The maximum absolute atomic E-state index is 13.5. The van der Waals surface area contributed by atoms with E-state index in [-0.39, 0.29) is 25.1 Å². The highest BCUT2D eigenvalue weighted by Gasteiger charge is 2.33. The maximum atomic E-state index is 13.5. The van der Waals surface area contributed by atoms with Crippen molar-refractivity contribution in [3.63, 3.8) is 0 Å². The Hall–Kier alpha value is -2.19. The van der Waals surface area contributed by atoms with E-state index in [1.54, 1.807) is 17.4 Å². The predicted octanol–water partition coefficient (Wildman–Crippen LogP) is 4.08. The Bertz CT molecular complexity index is 929. The molecule has 0 aliphatic carbocycles. The molecular formula is C27H38N2O4S. The second kappa shape index (κ2) is 13.0. The summed E-state index contributed by atoms with van der Waals surface area (Å²) in [5.74, 6) is 1.26. The van der Waals surface area contributed by atoms with E-state index < -0.39 is 6.10 Å². The second-order valence-electron chi connectivity index (χ2n) is 9.35. The third-order valence-corrected chi connectivity index (χ3v) is 6.79. The van der Waals surface area contributed by atoms with Crippen molar-refractivity contribution >= 4 is 17.2 Å². The molecule has 3 rings (SSSR count). The first-order valence-corrected chi connectivity index (χ1v) is 12.9. The molecule has 34 heavy (non-hydrogen) atoms. The van der Waals surface area contributed by atoms with Gasteiger partial charge in [-0.3, -0.25) is 9.69 Å². The lowest BCUT2D eigenvalue weighted by Crippen LogP contribution is -2.48. The van der Waals surface area contributed by atoms with Crippen LogP contribution >= 0.6 is 11.3 Å². The number of aryl methyl sites for hydroxylation is 1. The van der Waals surface area contributed by atoms with E-state index in [1.165, 1.54) is 10.4 Å². The average Bonchev–Trinajstić information content (AvgIpc) is 3.26. The zero-order valence-electron chi connectivity index (χ0n) is 20.6. The number of nitrogens with zero attached hydrogens (tertiary/aromatic N) is 2. The fraction of sp³-hybridized carbons (Fsp3) is 0.519. The van der Waals surface area contributed by atoms with Gasteiger partial charge in [-0.15, -0.1) is 17.9 Å². The minimum atomic E-state index is -0.656. The summed E-state index contributed by atoms with van der Waals surface area (Å²) in [5.41, 5.74) is 2.32. The smallest absolute Gasteiger partial charge is 0.237 e. The monoisotopic (exact) mass is 486 g/mol. The number of carbonyl (C=O) groups excluding carboxylic acids is 1. The topological polar surface area (TPSA) is 62.2 Å². The highest BCUT2D eigenvalue weighted by atomic mass is 32.1. The van der Waals surface area contributed by atoms with Crippen molar-refractivity contribution in [2.45, 2.75) is 39.3 Å². The number of ether oxygens (including phenoxy) is 2. The van der Waals surface area contributed by atoms with Crippen molar-refractivity contribution < 1.29 is 19.4 Å². The van der Waals surface area contributed by atoms with Gasteiger partial charge in [-0.2, -0.15) is 0 Å². The van der Waals surface area contributed by atoms with Crippen molar-refractivity contribution in [3.05, 3.63) is 64.4 Å². The summed E-state index contributed by atoms with van der Waals surface area (Å²) in [6.07, 6.45) is 1.96. The molecule has 186 valence electrons. The van der Waals surface area contributed by atoms with E-state index in [0.717, 1.165) is 17.7 Å². The number of fused-ring (bicyclic) bond motifs is 1. The van der Waals surface area contributed by atoms with Crippen LogP contribution in [0.2, 0.25) is 0 Å². The normalized spacial score (nSPS) is 16.5. The van der Waals surface area contributed by atoms with Crippen molar-refractivity contribution in [1.82, 2.24) is 9.80 Å². The molecule has 2 heterocycles. The van der Waals surface area contributed by atoms with Crippen LogP contribution in [0.5, 0.6) is 5.75 Å². The summed E-state index contributed by atoms with van der Waals surface area (Å²) in [6, 6.07) is 9.96. The van der Waals surface area contributed by atoms with Crippen LogP contribution in [0.1, 0.15) is 35.9 Å². The number of hydrogen-bond donors (Lipinski definition) is 1. The molecule has 0 unspecified atom stereocenters. The first-order chi connectivity index (χ1) is 16.4. The Morgan fingerprint density at radius 2 is 2.18 bits per heavy atom. The van der Waals surface area contributed by atoms with Gasteiger partial charge in [0.15, 0.2) is 0 Å². The Kier molecular flexibility index (Phi) is 10.1. The number of amides is 1. The number of carbonyl (C=O) groups is 1. The highest BCUT2D eigenvalue weighted by Crippen LogP contribution is 2.34. The number of thiophene rings is 1. The molecule has 2 aromatic rings. The second-order valence-corrected chi connectivity index (χ2v) is 10.3. The lowest BCUT2D eigenvalue weighted by molar-refractivity contribution is -0.136. The van der Waals surface area contributed by atoms with Crippen molar-refractivity contribution in [3.8, 4) is 5.75 Å². The van der Waals surface area contributed by atoms with Crippen LogP contribution in [-0.4, -0.2) is 72.9 Å². The standard InChI is InChI=1S/C27H38N2O4S/c1-5-11-28(15-22(30)18-32-17-20(2)3)16-27(31)29-12-9-26-24(10-13-34-26)25(29)19-33-23-8-6-7-21(4)14-23/h5-8,10,13-14,20,22,25,30H,1,9,11-12,15-19H2,2-4H3/t22-,25+/m1/s1. The molecule has 0 saturated heterocycles. The summed E-state index contributed by atoms with van der Waals surface area (Å²) in [6.45, 7) is 13.0. The van der Waals surface area contributed by atoms with Crippen molar-refractivity contribution in [2.24, 2.45) is 5.92 Å². The van der Waals surface area contributed by atoms with Gasteiger partial charge in [-0.1, -0.05) is 32.1 Å².